The molecule has 0 aliphatic carbocycles. The van der Waals surface area contributed by atoms with Crippen LogP contribution in [0, 0.1) is 11.7 Å². The SMILES string of the molecule is CCC(CCO)CNC(=O)Cc1ccc(OC)c(F)c1. The zero-order valence-corrected chi connectivity index (χ0v) is 12.0. The lowest BCUT2D eigenvalue weighted by atomic mass is 10.0. The number of aliphatic hydroxyl groups is 1. The van der Waals surface area contributed by atoms with E-state index >= 15 is 0 Å². The third-order valence-electron chi connectivity index (χ3n) is 3.28. The molecular formula is C15H22FNO3. The number of hydrogen-bond acceptors (Lipinski definition) is 3. The highest BCUT2D eigenvalue weighted by atomic mass is 19.1. The quantitative estimate of drug-likeness (QED) is 0.766. The second kappa shape index (κ2) is 8.53. The number of halogens is 1. The smallest absolute Gasteiger partial charge is 0.224 e. The van der Waals surface area contributed by atoms with Crippen molar-refractivity contribution in [2.24, 2.45) is 5.92 Å². The van der Waals surface area contributed by atoms with E-state index < -0.39 is 5.82 Å². The van der Waals surface area contributed by atoms with Crippen molar-refractivity contribution in [3.8, 4) is 5.75 Å². The minimum absolute atomic E-state index is 0.123. The normalized spacial score (nSPS) is 12.0. The van der Waals surface area contributed by atoms with Crippen molar-refractivity contribution in [3.05, 3.63) is 29.6 Å². The van der Waals surface area contributed by atoms with E-state index in [4.69, 9.17) is 9.84 Å². The van der Waals surface area contributed by atoms with Gasteiger partial charge < -0.3 is 15.2 Å². The Labute approximate surface area is 119 Å². The highest BCUT2D eigenvalue weighted by Gasteiger charge is 2.10. The van der Waals surface area contributed by atoms with Gasteiger partial charge in [0.1, 0.15) is 0 Å². The molecule has 112 valence electrons. The topological polar surface area (TPSA) is 58.6 Å². The molecule has 0 fully saturated rings. The van der Waals surface area contributed by atoms with Crippen LogP contribution in [0.5, 0.6) is 5.75 Å². The molecule has 1 aromatic carbocycles. The largest absolute Gasteiger partial charge is 0.494 e. The molecule has 20 heavy (non-hydrogen) atoms. The maximum absolute atomic E-state index is 13.5. The summed E-state index contributed by atoms with van der Waals surface area (Å²) in [6.45, 7) is 2.68. The molecule has 0 bridgehead atoms. The number of rotatable bonds is 8. The average molecular weight is 283 g/mol. The maximum Gasteiger partial charge on any atom is 0.224 e. The van der Waals surface area contributed by atoms with E-state index in [1.807, 2.05) is 6.92 Å². The Balaban J connectivity index is 2.48. The molecule has 1 amide bonds. The van der Waals surface area contributed by atoms with Crippen molar-refractivity contribution in [2.75, 3.05) is 20.3 Å². The van der Waals surface area contributed by atoms with Gasteiger partial charge in [0.2, 0.25) is 5.91 Å². The highest BCUT2D eigenvalue weighted by Crippen LogP contribution is 2.17. The van der Waals surface area contributed by atoms with Gasteiger partial charge in [0.25, 0.3) is 0 Å². The molecule has 0 aliphatic heterocycles. The minimum Gasteiger partial charge on any atom is -0.494 e. The fourth-order valence-corrected chi connectivity index (χ4v) is 1.96. The predicted molar refractivity (Wildman–Crippen MR) is 75.1 cm³/mol. The number of nitrogens with one attached hydrogen (secondary N) is 1. The zero-order chi connectivity index (χ0) is 15.0. The van der Waals surface area contributed by atoms with Crippen LogP contribution >= 0.6 is 0 Å². The first-order valence-electron chi connectivity index (χ1n) is 6.80. The molecule has 0 heterocycles. The van der Waals surface area contributed by atoms with E-state index in [1.54, 1.807) is 6.07 Å². The summed E-state index contributed by atoms with van der Waals surface area (Å²) in [6, 6.07) is 4.49. The van der Waals surface area contributed by atoms with Crippen LogP contribution in [0.4, 0.5) is 4.39 Å². The lowest BCUT2D eigenvalue weighted by molar-refractivity contribution is -0.120. The van der Waals surface area contributed by atoms with Gasteiger partial charge in [0.05, 0.1) is 13.5 Å². The molecule has 2 N–H and O–H groups in total. The van der Waals surface area contributed by atoms with Crippen molar-refractivity contribution >= 4 is 5.91 Å². The van der Waals surface area contributed by atoms with Crippen molar-refractivity contribution in [3.63, 3.8) is 0 Å². The fourth-order valence-electron chi connectivity index (χ4n) is 1.96. The Kier molecular flexibility index (Phi) is 7.01. The number of hydrogen-bond donors (Lipinski definition) is 2. The standard InChI is InChI=1S/C15H22FNO3/c1-3-11(6-7-18)10-17-15(19)9-12-4-5-14(20-2)13(16)8-12/h4-5,8,11,18H,3,6-7,9-10H2,1-2H3,(H,17,19). The Morgan fingerprint density at radius 3 is 2.80 bits per heavy atom. The summed E-state index contributed by atoms with van der Waals surface area (Å²) in [5.41, 5.74) is 0.607. The second-order valence-corrected chi connectivity index (χ2v) is 4.74. The van der Waals surface area contributed by atoms with Crippen LogP contribution < -0.4 is 10.1 Å². The van der Waals surface area contributed by atoms with Crippen molar-refractivity contribution in [1.29, 1.82) is 0 Å². The van der Waals surface area contributed by atoms with E-state index in [0.717, 1.165) is 6.42 Å². The summed E-state index contributed by atoms with van der Waals surface area (Å²) in [7, 11) is 1.40. The first-order valence-corrected chi connectivity index (χ1v) is 6.80. The lowest BCUT2D eigenvalue weighted by Crippen LogP contribution is -2.30. The van der Waals surface area contributed by atoms with Crippen LogP contribution in [0.25, 0.3) is 0 Å². The fraction of sp³-hybridized carbons (Fsp3) is 0.533. The van der Waals surface area contributed by atoms with Gasteiger partial charge in [0, 0.05) is 13.2 Å². The van der Waals surface area contributed by atoms with E-state index in [-0.39, 0.29) is 30.6 Å². The monoisotopic (exact) mass is 283 g/mol. The molecule has 0 saturated heterocycles. The van der Waals surface area contributed by atoms with Gasteiger partial charge in [0.15, 0.2) is 11.6 Å². The number of benzene rings is 1. The van der Waals surface area contributed by atoms with Gasteiger partial charge >= 0.3 is 0 Å². The molecule has 0 aliphatic rings. The molecule has 4 nitrogen and oxygen atoms in total. The van der Waals surface area contributed by atoms with Crippen molar-refractivity contribution in [1.82, 2.24) is 5.32 Å². The second-order valence-electron chi connectivity index (χ2n) is 4.74. The Hall–Kier alpha value is -1.62. The van der Waals surface area contributed by atoms with Crippen molar-refractivity contribution < 1.29 is 19.0 Å². The minimum atomic E-state index is -0.468. The molecule has 5 heteroatoms. The summed E-state index contributed by atoms with van der Waals surface area (Å²) in [5.74, 6) is -0.171. The average Bonchev–Trinajstić information content (AvgIpc) is 2.43. The first-order chi connectivity index (χ1) is 9.60. The van der Waals surface area contributed by atoms with Gasteiger partial charge in [-0.3, -0.25) is 4.79 Å². The van der Waals surface area contributed by atoms with Gasteiger partial charge in [-0.15, -0.1) is 0 Å². The highest BCUT2D eigenvalue weighted by molar-refractivity contribution is 5.78. The first kappa shape index (κ1) is 16.4. The maximum atomic E-state index is 13.5. The predicted octanol–water partition coefficient (Wildman–Crippen LogP) is 1.90. The van der Waals surface area contributed by atoms with Crippen LogP contribution in [-0.2, 0) is 11.2 Å². The summed E-state index contributed by atoms with van der Waals surface area (Å²) in [6.07, 6.45) is 1.71. The number of carbonyl (C=O) groups excluding carboxylic acids is 1. The lowest BCUT2D eigenvalue weighted by Gasteiger charge is -2.14. The van der Waals surface area contributed by atoms with Crippen LogP contribution in [0.1, 0.15) is 25.3 Å². The van der Waals surface area contributed by atoms with Crippen LogP contribution in [-0.4, -0.2) is 31.3 Å². The summed E-state index contributed by atoms with van der Waals surface area (Å²) < 4.78 is 18.3. The van der Waals surface area contributed by atoms with Gasteiger partial charge in [-0.25, -0.2) is 4.39 Å². The summed E-state index contributed by atoms with van der Waals surface area (Å²) >= 11 is 0. The Morgan fingerprint density at radius 1 is 1.50 bits per heavy atom. The van der Waals surface area contributed by atoms with E-state index in [9.17, 15) is 9.18 Å². The Morgan fingerprint density at radius 2 is 2.25 bits per heavy atom. The number of methoxy groups -OCH3 is 1. The van der Waals surface area contributed by atoms with Crippen LogP contribution in [0.3, 0.4) is 0 Å². The van der Waals surface area contributed by atoms with E-state index in [2.05, 4.69) is 5.32 Å². The molecular weight excluding hydrogens is 261 g/mol. The van der Waals surface area contributed by atoms with Gasteiger partial charge in [-0.1, -0.05) is 19.4 Å². The molecule has 1 unspecified atom stereocenters. The summed E-state index contributed by atoms with van der Waals surface area (Å²) in [5, 5.41) is 11.7. The van der Waals surface area contributed by atoms with E-state index in [1.165, 1.54) is 19.2 Å². The van der Waals surface area contributed by atoms with Gasteiger partial charge in [-0.05, 0) is 30.0 Å². The molecule has 0 aromatic heterocycles. The third-order valence-corrected chi connectivity index (χ3v) is 3.28. The number of aliphatic hydroxyl groups excluding tert-OH is 1. The molecule has 1 atom stereocenters. The van der Waals surface area contributed by atoms with Crippen molar-refractivity contribution in [2.45, 2.75) is 26.2 Å². The molecule has 1 aromatic rings. The number of ether oxygens (including phenoxy) is 1. The number of amides is 1. The third kappa shape index (κ3) is 5.17. The Bertz CT molecular complexity index is 437. The van der Waals surface area contributed by atoms with E-state index in [0.29, 0.717) is 18.5 Å². The number of carbonyl (C=O) groups is 1. The molecule has 1 rings (SSSR count). The zero-order valence-electron chi connectivity index (χ0n) is 12.0. The summed E-state index contributed by atoms with van der Waals surface area (Å²) in [4.78, 5) is 11.8. The molecule has 0 saturated carbocycles. The molecule has 0 radical (unpaired) electrons. The van der Waals surface area contributed by atoms with Crippen LogP contribution in [0.15, 0.2) is 18.2 Å². The van der Waals surface area contributed by atoms with Gasteiger partial charge in [-0.2, -0.15) is 0 Å². The molecule has 0 spiro atoms. The van der Waals surface area contributed by atoms with Crippen LogP contribution in [0.2, 0.25) is 0 Å².